The van der Waals surface area contributed by atoms with Gasteiger partial charge in [0, 0.05) is 30.9 Å². The van der Waals surface area contributed by atoms with Gasteiger partial charge in [0.25, 0.3) is 0 Å². The SMILES string of the molecule is CN(C)c1ccc2nc3c(cc2c1)CCC3. The second-order valence-corrected chi connectivity index (χ2v) is 4.72. The fourth-order valence-electron chi connectivity index (χ4n) is 2.40. The van der Waals surface area contributed by atoms with Gasteiger partial charge in [-0.2, -0.15) is 0 Å². The number of aryl methyl sites for hydroxylation is 2. The summed E-state index contributed by atoms with van der Waals surface area (Å²) >= 11 is 0. The highest BCUT2D eigenvalue weighted by Gasteiger charge is 2.13. The van der Waals surface area contributed by atoms with Crippen LogP contribution in [0.4, 0.5) is 5.69 Å². The van der Waals surface area contributed by atoms with E-state index >= 15 is 0 Å². The molecule has 0 fully saturated rings. The van der Waals surface area contributed by atoms with Crippen LogP contribution in [0.25, 0.3) is 10.9 Å². The van der Waals surface area contributed by atoms with Crippen molar-refractivity contribution in [3.63, 3.8) is 0 Å². The van der Waals surface area contributed by atoms with Crippen molar-refractivity contribution in [3.05, 3.63) is 35.5 Å². The lowest BCUT2D eigenvalue weighted by molar-refractivity contribution is 0.901. The average molecular weight is 212 g/mol. The zero-order valence-corrected chi connectivity index (χ0v) is 9.83. The van der Waals surface area contributed by atoms with E-state index in [4.69, 9.17) is 4.98 Å². The molecule has 82 valence electrons. The van der Waals surface area contributed by atoms with Gasteiger partial charge in [-0.3, -0.25) is 4.98 Å². The number of anilines is 1. The summed E-state index contributed by atoms with van der Waals surface area (Å²) in [6, 6.07) is 8.80. The molecule has 0 radical (unpaired) electrons. The lowest BCUT2D eigenvalue weighted by Gasteiger charge is -2.13. The molecule has 1 heterocycles. The van der Waals surface area contributed by atoms with Crippen LogP contribution >= 0.6 is 0 Å². The Morgan fingerprint density at radius 3 is 2.81 bits per heavy atom. The first kappa shape index (κ1) is 9.64. The van der Waals surface area contributed by atoms with Crippen molar-refractivity contribution in [2.75, 3.05) is 19.0 Å². The highest BCUT2D eigenvalue weighted by Crippen LogP contribution is 2.26. The number of pyridine rings is 1. The number of aromatic nitrogens is 1. The van der Waals surface area contributed by atoms with Crippen molar-refractivity contribution in [1.29, 1.82) is 0 Å². The number of nitrogens with zero attached hydrogens (tertiary/aromatic N) is 2. The van der Waals surface area contributed by atoms with E-state index in [0.29, 0.717) is 0 Å². The Kier molecular flexibility index (Phi) is 2.10. The smallest absolute Gasteiger partial charge is 0.0707 e. The fourth-order valence-corrected chi connectivity index (χ4v) is 2.40. The molecule has 2 aromatic rings. The molecule has 0 atom stereocenters. The van der Waals surface area contributed by atoms with Gasteiger partial charge in [-0.05, 0) is 49.1 Å². The Balaban J connectivity index is 2.20. The van der Waals surface area contributed by atoms with E-state index in [9.17, 15) is 0 Å². The van der Waals surface area contributed by atoms with Crippen LogP contribution in [0.1, 0.15) is 17.7 Å². The number of hydrogen-bond acceptors (Lipinski definition) is 2. The van der Waals surface area contributed by atoms with Crippen LogP contribution < -0.4 is 4.90 Å². The number of rotatable bonds is 1. The van der Waals surface area contributed by atoms with E-state index in [2.05, 4.69) is 43.3 Å². The average Bonchev–Trinajstić information content (AvgIpc) is 2.71. The van der Waals surface area contributed by atoms with Crippen LogP contribution in [0.5, 0.6) is 0 Å². The second-order valence-electron chi connectivity index (χ2n) is 4.72. The summed E-state index contributed by atoms with van der Waals surface area (Å²) in [7, 11) is 4.14. The molecule has 0 saturated heterocycles. The maximum absolute atomic E-state index is 4.74. The summed E-state index contributed by atoms with van der Waals surface area (Å²) in [5.41, 5.74) is 5.13. The normalized spacial score (nSPS) is 14.1. The maximum Gasteiger partial charge on any atom is 0.0707 e. The van der Waals surface area contributed by atoms with E-state index in [1.54, 1.807) is 0 Å². The molecule has 2 heteroatoms. The van der Waals surface area contributed by atoms with Gasteiger partial charge >= 0.3 is 0 Å². The van der Waals surface area contributed by atoms with Gasteiger partial charge in [-0.15, -0.1) is 0 Å². The fraction of sp³-hybridized carbons (Fsp3) is 0.357. The third-order valence-electron chi connectivity index (χ3n) is 3.34. The van der Waals surface area contributed by atoms with Crippen LogP contribution in [0.3, 0.4) is 0 Å². The molecule has 1 aliphatic carbocycles. The van der Waals surface area contributed by atoms with Gasteiger partial charge in [0.1, 0.15) is 0 Å². The summed E-state index contributed by atoms with van der Waals surface area (Å²) < 4.78 is 0. The van der Waals surface area contributed by atoms with E-state index in [0.717, 1.165) is 11.9 Å². The maximum atomic E-state index is 4.74. The lowest BCUT2D eigenvalue weighted by atomic mass is 10.1. The predicted molar refractivity (Wildman–Crippen MR) is 68.1 cm³/mol. The molecular weight excluding hydrogens is 196 g/mol. The van der Waals surface area contributed by atoms with Crippen LogP contribution in [0.15, 0.2) is 24.3 Å². The van der Waals surface area contributed by atoms with Gasteiger partial charge in [-0.25, -0.2) is 0 Å². The zero-order chi connectivity index (χ0) is 11.1. The molecular formula is C14H16N2. The van der Waals surface area contributed by atoms with Crippen LogP contribution in [0, 0.1) is 0 Å². The lowest BCUT2D eigenvalue weighted by Crippen LogP contribution is -2.08. The first-order valence-corrected chi connectivity index (χ1v) is 5.84. The van der Waals surface area contributed by atoms with Crippen LogP contribution in [0.2, 0.25) is 0 Å². The number of benzene rings is 1. The minimum atomic E-state index is 1.13. The van der Waals surface area contributed by atoms with Crippen molar-refractivity contribution in [2.45, 2.75) is 19.3 Å². The highest BCUT2D eigenvalue weighted by atomic mass is 15.1. The molecule has 16 heavy (non-hydrogen) atoms. The monoisotopic (exact) mass is 212 g/mol. The summed E-state index contributed by atoms with van der Waals surface area (Å²) in [6.45, 7) is 0. The number of fused-ring (bicyclic) bond motifs is 2. The van der Waals surface area contributed by atoms with Crippen molar-refractivity contribution >= 4 is 16.6 Å². The van der Waals surface area contributed by atoms with Gasteiger partial charge in [0.05, 0.1) is 5.52 Å². The quantitative estimate of drug-likeness (QED) is 0.722. The van der Waals surface area contributed by atoms with Gasteiger partial charge in [0.2, 0.25) is 0 Å². The standard InChI is InChI=1S/C14H16N2/c1-16(2)12-6-7-14-11(9-12)8-10-4-3-5-13(10)15-14/h6-9H,3-5H2,1-2H3. The zero-order valence-electron chi connectivity index (χ0n) is 9.83. The molecule has 3 rings (SSSR count). The van der Waals surface area contributed by atoms with Gasteiger partial charge in [0.15, 0.2) is 0 Å². The summed E-state index contributed by atoms with van der Waals surface area (Å²) in [5.74, 6) is 0. The van der Waals surface area contributed by atoms with E-state index in [1.165, 1.54) is 35.2 Å². The second kappa shape index (κ2) is 3.48. The number of hydrogen-bond donors (Lipinski definition) is 0. The molecule has 0 N–H and O–H groups in total. The minimum Gasteiger partial charge on any atom is -0.378 e. The molecule has 0 aliphatic heterocycles. The largest absolute Gasteiger partial charge is 0.378 e. The third kappa shape index (κ3) is 1.45. The molecule has 0 bridgehead atoms. The van der Waals surface area contributed by atoms with Crippen LogP contribution in [-0.2, 0) is 12.8 Å². The third-order valence-corrected chi connectivity index (χ3v) is 3.34. The van der Waals surface area contributed by atoms with Gasteiger partial charge < -0.3 is 4.90 Å². The Labute approximate surface area is 95.9 Å². The van der Waals surface area contributed by atoms with Crippen molar-refractivity contribution in [1.82, 2.24) is 4.98 Å². The van der Waals surface area contributed by atoms with E-state index < -0.39 is 0 Å². The summed E-state index contributed by atoms with van der Waals surface area (Å²) in [4.78, 5) is 6.87. The summed E-state index contributed by atoms with van der Waals surface area (Å²) in [5, 5.41) is 1.27. The molecule has 0 spiro atoms. The molecule has 1 aromatic heterocycles. The topological polar surface area (TPSA) is 16.1 Å². The Bertz CT molecular complexity index is 544. The summed E-state index contributed by atoms with van der Waals surface area (Å²) in [6.07, 6.45) is 3.62. The van der Waals surface area contributed by atoms with E-state index in [1.807, 2.05) is 0 Å². The first-order chi connectivity index (χ1) is 7.74. The van der Waals surface area contributed by atoms with E-state index in [-0.39, 0.29) is 0 Å². The van der Waals surface area contributed by atoms with Crippen molar-refractivity contribution < 1.29 is 0 Å². The molecule has 0 saturated carbocycles. The van der Waals surface area contributed by atoms with Crippen molar-refractivity contribution in [3.8, 4) is 0 Å². The molecule has 0 amide bonds. The Morgan fingerprint density at radius 1 is 1.12 bits per heavy atom. The van der Waals surface area contributed by atoms with Crippen LogP contribution in [-0.4, -0.2) is 19.1 Å². The Hall–Kier alpha value is -1.57. The van der Waals surface area contributed by atoms with Crippen molar-refractivity contribution in [2.24, 2.45) is 0 Å². The predicted octanol–water partition coefficient (Wildman–Crippen LogP) is 2.79. The molecule has 1 aliphatic rings. The molecule has 2 nitrogen and oxygen atoms in total. The Morgan fingerprint density at radius 2 is 2.00 bits per heavy atom. The molecule has 1 aromatic carbocycles. The minimum absolute atomic E-state index is 1.13. The highest BCUT2D eigenvalue weighted by molar-refractivity contribution is 5.83. The first-order valence-electron chi connectivity index (χ1n) is 5.84. The molecule has 0 unspecified atom stereocenters. The van der Waals surface area contributed by atoms with Gasteiger partial charge in [-0.1, -0.05) is 0 Å².